The first-order valence-corrected chi connectivity index (χ1v) is 7.33. The molecule has 0 unspecified atom stereocenters. The van der Waals surface area contributed by atoms with Gasteiger partial charge in [0.2, 0.25) is 0 Å². The van der Waals surface area contributed by atoms with Crippen LogP contribution in [0.2, 0.25) is 0 Å². The summed E-state index contributed by atoms with van der Waals surface area (Å²) in [7, 11) is 5.10. The second kappa shape index (κ2) is 5.34. The van der Waals surface area contributed by atoms with Gasteiger partial charge < -0.3 is 14.4 Å². The smallest absolute Gasteiger partial charge is 0.161 e. The maximum absolute atomic E-state index is 12.2. The highest BCUT2D eigenvalue weighted by Gasteiger charge is 2.50. The SMILES string of the molecule is [2H]C1([2H])C(=O)CC[C@@]2(c3ccc(OC)c(OC)c3)CCN(C)[C@@H]12. The standard InChI is InChI=1S/C17H23NO3/c1-18-9-8-17(7-6-13(19)11-16(17)18)12-4-5-14(20-2)15(10-12)21-3/h4-5,10,16H,6-9,11H2,1-3H3/t16-,17-/m0/s1/i11D2. The minimum absolute atomic E-state index is 0.283. The molecule has 21 heavy (non-hydrogen) atoms. The van der Waals surface area contributed by atoms with Crippen LogP contribution < -0.4 is 9.47 Å². The molecule has 1 saturated heterocycles. The predicted octanol–water partition coefficient (Wildman–Crippen LogP) is 2.40. The van der Waals surface area contributed by atoms with Gasteiger partial charge in [-0.25, -0.2) is 0 Å². The van der Waals surface area contributed by atoms with E-state index in [1.165, 1.54) is 0 Å². The molecule has 0 spiro atoms. The van der Waals surface area contributed by atoms with Crippen LogP contribution in [0.5, 0.6) is 11.5 Å². The molecule has 4 heteroatoms. The lowest BCUT2D eigenvalue weighted by Crippen LogP contribution is -2.46. The number of methoxy groups -OCH3 is 2. The molecule has 4 nitrogen and oxygen atoms in total. The number of likely N-dealkylation sites (tertiary alicyclic amines) is 1. The van der Waals surface area contributed by atoms with E-state index in [0.29, 0.717) is 17.9 Å². The van der Waals surface area contributed by atoms with Crippen LogP contribution in [0.1, 0.15) is 33.9 Å². The third-order valence-corrected chi connectivity index (χ3v) is 4.93. The monoisotopic (exact) mass is 291 g/mol. The number of rotatable bonds is 3. The molecule has 1 aliphatic heterocycles. The van der Waals surface area contributed by atoms with Crippen molar-refractivity contribution in [2.45, 2.75) is 37.1 Å². The first-order valence-electron chi connectivity index (χ1n) is 8.33. The Kier molecular flexibility index (Phi) is 3.06. The van der Waals surface area contributed by atoms with E-state index in [0.717, 1.165) is 18.5 Å². The first kappa shape index (κ1) is 12.0. The second-order valence-corrected chi connectivity index (χ2v) is 5.93. The molecule has 0 aromatic heterocycles. The maximum atomic E-state index is 12.2. The molecule has 3 rings (SSSR count). The number of hydrogen-bond acceptors (Lipinski definition) is 4. The fourth-order valence-electron chi connectivity index (χ4n) is 3.73. The minimum Gasteiger partial charge on any atom is -0.493 e. The fourth-order valence-corrected chi connectivity index (χ4v) is 3.73. The topological polar surface area (TPSA) is 38.8 Å². The molecule has 0 N–H and O–H groups in total. The molecule has 1 saturated carbocycles. The van der Waals surface area contributed by atoms with Gasteiger partial charge in [-0.05, 0) is 44.1 Å². The molecule has 2 fully saturated rings. The third-order valence-electron chi connectivity index (χ3n) is 4.93. The number of benzene rings is 1. The lowest BCUT2D eigenvalue weighted by Gasteiger charge is -2.41. The summed E-state index contributed by atoms with van der Waals surface area (Å²) in [5.41, 5.74) is 0.673. The van der Waals surface area contributed by atoms with Gasteiger partial charge in [0.25, 0.3) is 0 Å². The number of ether oxygens (including phenoxy) is 2. The first-order chi connectivity index (χ1) is 10.9. The van der Waals surface area contributed by atoms with Crippen LogP contribution in [-0.4, -0.2) is 44.5 Å². The summed E-state index contributed by atoms with van der Waals surface area (Å²) in [6, 6.07) is 5.36. The Bertz CT molecular complexity index is 634. The van der Waals surface area contributed by atoms with Gasteiger partial charge in [-0.3, -0.25) is 4.79 Å². The fraction of sp³-hybridized carbons (Fsp3) is 0.588. The Balaban J connectivity index is 2.11. The zero-order chi connectivity index (χ0) is 16.8. The highest BCUT2D eigenvalue weighted by atomic mass is 16.5. The third kappa shape index (κ3) is 2.22. The van der Waals surface area contributed by atoms with Gasteiger partial charge in [-0.15, -0.1) is 0 Å². The number of hydrogen-bond donors (Lipinski definition) is 0. The molecule has 0 radical (unpaired) electrons. The van der Waals surface area contributed by atoms with Crippen LogP contribution in [0.3, 0.4) is 0 Å². The number of ketones is 1. The zero-order valence-electron chi connectivity index (χ0n) is 14.8. The lowest BCUT2D eigenvalue weighted by molar-refractivity contribution is -0.122. The summed E-state index contributed by atoms with van der Waals surface area (Å²) < 4.78 is 27.4. The van der Waals surface area contributed by atoms with E-state index >= 15 is 0 Å². The van der Waals surface area contributed by atoms with E-state index in [4.69, 9.17) is 12.2 Å². The van der Waals surface area contributed by atoms with Crippen molar-refractivity contribution < 1.29 is 17.0 Å². The quantitative estimate of drug-likeness (QED) is 0.857. The Morgan fingerprint density at radius 1 is 1.29 bits per heavy atom. The van der Waals surface area contributed by atoms with Crippen molar-refractivity contribution in [1.29, 1.82) is 0 Å². The summed E-state index contributed by atoms with van der Waals surface area (Å²) in [6.45, 7) is 0.784. The lowest BCUT2D eigenvalue weighted by atomic mass is 9.66. The number of nitrogens with zero attached hydrogens (tertiary/aromatic N) is 1. The summed E-state index contributed by atoms with van der Waals surface area (Å²) >= 11 is 0. The highest BCUT2D eigenvalue weighted by molar-refractivity contribution is 5.81. The van der Waals surface area contributed by atoms with Crippen LogP contribution >= 0.6 is 0 Å². The molecule has 2 atom stereocenters. The van der Waals surface area contributed by atoms with E-state index in [2.05, 4.69) is 0 Å². The molecule has 1 aliphatic carbocycles. The van der Waals surface area contributed by atoms with Gasteiger partial charge in [-0.1, -0.05) is 6.07 Å². The van der Waals surface area contributed by atoms with E-state index in [-0.39, 0.29) is 17.6 Å². The summed E-state index contributed by atoms with van der Waals surface area (Å²) in [6.07, 6.45) is -0.0192. The summed E-state index contributed by atoms with van der Waals surface area (Å²) in [5, 5.41) is 0. The van der Waals surface area contributed by atoms with Gasteiger partial charge in [0.05, 0.1) is 14.2 Å². The van der Waals surface area contributed by atoms with Crippen molar-refractivity contribution >= 4 is 5.78 Å². The molecule has 2 aliphatic rings. The van der Waals surface area contributed by atoms with Crippen molar-refractivity contribution in [3.63, 3.8) is 0 Å². The molecule has 1 aromatic rings. The van der Waals surface area contributed by atoms with Crippen molar-refractivity contribution in [2.24, 2.45) is 0 Å². The van der Waals surface area contributed by atoms with E-state index in [9.17, 15) is 4.79 Å². The average Bonchev–Trinajstić information content (AvgIpc) is 2.90. The normalized spacial score (nSPS) is 33.1. The van der Waals surface area contributed by atoms with Crippen LogP contribution in [0.4, 0.5) is 0 Å². The number of likely N-dealkylation sites (N-methyl/N-ethyl adjacent to an activating group) is 1. The van der Waals surface area contributed by atoms with Crippen LogP contribution in [-0.2, 0) is 10.2 Å². The molecule has 1 aromatic carbocycles. The van der Waals surface area contributed by atoms with Gasteiger partial charge in [-0.2, -0.15) is 0 Å². The zero-order valence-corrected chi connectivity index (χ0v) is 12.8. The molecular formula is C17H23NO3. The molecule has 0 bridgehead atoms. The second-order valence-electron chi connectivity index (χ2n) is 5.93. The van der Waals surface area contributed by atoms with Crippen LogP contribution in [0.25, 0.3) is 0 Å². The van der Waals surface area contributed by atoms with Crippen molar-refractivity contribution in [1.82, 2.24) is 4.90 Å². The van der Waals surface area contributed by atoms with Gasteiger partial charge in [0.1, 0.15) is 5.78 Å². The summed E-state index contributed by atoms with van der Waals surface area (Å²) in [4.78, 5) is 14.1. The van der Waals surface area contributed by atoms with Crippen LogP contribution in [0, 0.1) is 0 Å². The Morgan fingerprint density at radius 2 is 2.05 bits per heavy atom. The van der Waals surface area contributed by atoms with Crippen molar-refractivity contribution in [3.8, 4) is 11.5 Å². The van der Waals surface area contributed by atoms with Crippen LogP contribution in [0.15, 0.2) is 18.2 Å². The Labute approximate surface area is 128 Å². The van der Waals surface area contributed by atoms with Gasteiger partial charge in [0.15, 0.2) is 11.5 Å². The Morgan fingerprint density at radius 3 is 2.76 bits per heavy atom. The van der Waals surface area contributed by atoms with Gasteiger partial charge >= 0.3 is 0 Å². The number of carbonyl (C=O) groups is 1. The average molecular weight is 291 g/mol. The molecule has 1 heterocycles. The summed E-state index contributed by atoms with van der Waals surface area (Å²) in [5.74, 6) is 1.02. The van der Waals surface area contributed by atoms with E-state index in [1.807, 2.05) is 30.1 Å². The van der Waals surface area contributed by atoms with Crippen molar-refractivity contribution in [3.05, 3.63) is 23.8 Å². The molecule has 114 valence electrons. The number of Topliss-reactive ketones (excluding diaryl/α,β-unsaturated/α-hetero) is 1. The highest BCUT2D eigenvalue weighted by Crippen LogP contribution is 2.48. The number of fused-ring (bicyclic) bond motifs is 1. The Hall–Kier alpha value is -1.55. The number of carbonyl (C=O) groups excluding carboxylic acids is 1. The largest absolute Gasteiger partial charge is 0.493 e. The minimum atomic E-state index is -1.82. The van der Waals surface area contributed by atoms with E-state index in [1.54, 1.807) is 14.2 Å². The molecular weight excluding hydrogens is 266 g/mol. The van der Waals surface area contributed by atoms with E-state index < -0.39 is 12.4 Å². The predicted molar refractivity (Wildman–Crippen MR) is 81.1 cm³/mol. The van der Waals surface area contributed by atoms with Crippen molar-refractivity contribution in [2.75, 3.05) is 27.8 Å². The molecule has 0 amide bonds. The maximum Gasteiger partial charge on any atom is 0.161 e. The van der Waals surface area contributed by atoms with Gasteiger partial charge in [0, 0.05) is 27.0 Å².